The van der Waals surface area contributed by atoms with E-state index in [1.54, 1.807) is 0 Å². The molecule has 5 heteroatoms. The summed E-state index contributed by atoms with van der Waals surface area (Å²) in [5.41, 5.74) is 0.822. The van der Waals surface area contributed by atoms with E-state index in [4.69, 9.17) is 4.74 Å². The van der Waals surface area contributed by atoms with Gasteiger partial charge in [0.2, 0.25) is 0 Å². The number of hydrogen-bond donors (Lipinski definition) is 1. The maximum absolute atomic E-state index is 12.6. The summed E-state index contributed by atoms with van der Waals surface area (Å²) in [5, 5.41) is 9.85. The highest BCUT2D eigenvalue weighted by atomic mass is 79.9. The number of rotatable bonds is 6. The van der Waals surface area contributed by atoms with Gasteiger partial charge in [0.05, 0.1) is 5.92 Å². The number of carbonyl (C=O) groups excluding carboxylic acids is 1. The van der Waals surface area contributed by atoms with Crippen molar-refractivity contribution in [3.63, 3.8) is 0 Å². The molecule has 1 aliphatic rings. The van der Waals surface area contributed by atoms with Crippen LogP contribution in [0, 0.1) is 11.8 Å². The quantitative estimate of drug-likeness (QED) is 0.698. The van der Waals surface area contributed by atoms with Gasteiger partial charge in [-0.25, -0.2) is 0 Å². The predicted octanol–water partition coefficient (Wildman–Crippen LogP) is 4.45. The van der Waals surface area contributed by atoms with Crippen LogP contribution in [0.2, 0.25) is 0 Å². The number of hydrogen-bond acceptors (Lipinski definition) is 4. The van der Waals surface area contributed by atoms with E-state index >= 15 is 0 Å². The van der Waals surface area contributed by atoms with Crippen molar-refractivity contribution >= 4 is 33.7 Å². The first kappa shape index (κ1) is 19.8. The number of esters is 1. The summed E-state index contributed by atoms with van der Waals surface area (Å²) < 4.78 is 6.68. The molecule has 3 nitrogen and oxygen atoms in total. The van der Waals surface area contributed by atoms with Gasteiger partial charge in [-0.05, 0) is 69.4 Å². The first-order valence-electron chi connectivity index (χ1n) is 8.50. The molecule has 2 rings (SSSR count). The fraction of sp³-hybridized carbons (Fsp3) is 0.632. The van der Waals surface area contributed by atoms with Gasteiger partial charge in [0.15, 0.2) is 0 Å². The standard InChI is InChI=1S/C19H27BrO3S/c1-19(2,3)23-18(22)17-14(12-21)6-9-16(17)24-11-10-13-4-7-15(20)8-5-13/h4-5,7-8,14,16-17,21H,6,9-12H2,1-3H3/t14-,16-,17-/m0/s1. The van der Waals surface area contributed by atoms with Crippen molar-refractivity contribution < 1.29 is 14.6 Å². The molecule has 3 atom stereocenters. The van der Waals surface area contributed by atoms with Crippen LogP contribution in [0.15, 0.2) is 28.7 Å². The molecule has 0 spiro atoms. The zero-order valence-corrected chi connectivity index (χ0v) is 17.0. The molecule has 0 unspecified atom stereocenters. The minimum absolute atomic E-state index is 0.0324. The molecule has 1 saturated carbocycles. The minimum atomic E-state index is -0.480. The lowest BCUT2D eigenvalue weighted by molar-refractivity contribution is -0.161. The highest BCUT2D eigenvalue weighted by Gasteiger charge is 2.42. The minimum Gasteiger partial charge on any atom is -0.460 e. The molecule has 0 amide bonds. The van der Waals surface area contributed by atoms with Crippen LogP contribution >= 0.6 is 27.7 Å². The first-order chi connectivity index (χ1) is 11.3. The third-order valence-corrected chi connectivity index (χ3v) is 6.21. The Bertz CT molecular complexity index is 539. The first-order valence-corrected chi connectivity index (χ1v) is 10.3. The summed E-state index contributed by atoms with van der Waals surface area (Å²) >= 11 is 5.29. The molecule has 1 aromatic carbocycles. The largest absolute Gasteiger partial charge is 0.460 e. The molecular formula is C19H27BrO3S. The Kier molecular flexibility index (Phi) is 7.20. The molecule has 0 aliphatic heterocycles. The van der Waals surface area contributed by atoms with E-state index in [2.05, 4.69) is 40.2 Å². The SMILES string of the molecule is CC(C)(C)OC(=O)[C@H]1[C@H](CO)CC[C@@H]1SCCc1ccc(Br)cc1. The highest BCUT2D eigenvalue weighted by Crippen LogP contribution is 2.41. The predicted molar refractivity (Wildman–Crippen MR) is 103 cm³/mol. The average Bonchev–Trinajstić information content (AvgIpc) is 2.90. The van der Waals surface area contributed by atoms with Crippen molar-refractivity contribution in [2.24, 2.45) is 11.8 Å². The summed E-state index contributed by atoms with van der Waals surface area (Å²) in [6, 6.07) is 8.37. The number of aliphatic hydroxyl groups excluding tert-OH is 1. The van der Waals surface area contributed by atoms with E-state index in [0.29, 0.717) is 0 Å². The third kappa shape index (κ3) is 5.78. The maximum atomic E-state index is 12.6. The fourth-order valence-corrected chi connectivity index (χ4v) is 4.89. The van der Waals surface area contributed by atoms with E-state index in [-0.39, 0.29) is 29.7 Å². The van der Waals surface area contributed by atoms with Crippen molar-refractivity contribution in [1.82, 2.24) is 0 Å². The Morgan fingerprint density at radius 2 is 1.96 bits per heavy atom. The number of thioether (sulfide) groups is 1. The molecule has 1 N–H and O–H groups in total. The van der Waals surface area contributed by atoms with Crippen molar-refractivity contribution in [2.75, 3.05) is 12.4 Å². The monoisotopic (exact) mass is 414 g/mol. The van der Waals surface area contributed by atoms with Gasteiger partial charge in [0.25, 0.3) is 0 Å². The summed E-state index contributed by atoms with van der Waals surface area (Å²) in [4.78, 5) is 12.6. The van der Waals surface area contributed by atoms with Gasteiger partial charge >= 0.3 is 5.97 Å². The highest BCUT2D eigenvalue weighted by molar-refractivity contribution is 9.10. The Hall–Kier alpha value is -0.520. The Morgan fingerprint density at radius 3 is 2.54 bits per heavy atom. The van der Waals surface area contributed by atoms with Crippen LogP contribution in [0.4, 0.5) is 0 Å². The number of carbonyl (C=O) groups is 1. The van der Waals surface area contributed by atoms with Crippen molar-refractivity contribution in [2.45, 2.75) is 50.9 Å². The second kappa shape index (κ2) is 8.72. The van der Waals surface area contributed by atoms with Crippen LogP contribution in [0.5, 0.6) is 0 Å². The van der Waals surface area contributed by atoms with E-state index in [0.717, 1.165) is 29.5 Å². The van der Waals surface area contributed by atoms with Gasteiger partial charge in [0.1, 0.15) is 5.60 Å². The van der Waals surface area contributed by atoms with Gasteiger partial charge in [-0.3, -0.25) is 4.79 Å². The lowest BCUT2D eigenvalue weighted by Gasteiger charge is -2.27. The van der Waals surface area contributed by atoms with Gasteiger partial charge < -0.3 is 9.84 Å². The summed E-state index contributed by atoms with van der Waals surface area (Å²) in [7, 11) is 0. The molecule has 0 radical (unpaired) electrons. The van der Waals surface area contributed by atoms with Gasteiger partial charge in [-0.15, -0.1) is 0 Å². The molecule has 1 aromatic rings. The average molecular weight is 415 g/mol. The second-order valence-electron chi connectivity index (χ2n) is 7.36. The summed E-state index contributed by atoms with van der Waals surface area (Å²) in [6.07, 6.45) is 2.86. The van der Waals surface area contributed by atoms with Crippen LogP contribution in [0.25, 0.3) is 0 Å². The molecule has 0 bridgehead atoms. The smallest absolute Gasteiger partial charge is 0.310 e. The maximum Gasteiger partial charge on any atom is 0.310 e. The van der Waals surface area contributed by atoms with Crippen molar-refractivity contribution in [3.05, 3.63) is 34.3 Å². The van der Waals surface area contributed by atoms with E-state index < -0.39 is 5.60 Å². The fourth-order valence-electron chi connectivity index (χ4n) is 3.13. The van der Waals surface area contributed by atoms with E-state index in [9.17, 15) is 9.90 Å². The van der Waals surface area contributed by atoms with Gasteiger partial charge in [-0.1, -0.05) is 28.1 Å². The molecule has 0 heterocycles. The molecule has 1 aliphatic carbocycles. The number of halogens is 1. The Morgan fingerprint density at radius 1 is 1.29 bits per heavy atom. The second-order valence-corrected chi connectivity index (χ2v) is 9.63. The third-order valence-electron chi connectivity index (χ3n) is 4.28. The van der Waals surface area contributed by atoms with Crippen LogP contribution in [0.1, 0.15) is 39.2 Å². The number of aryl methyl sites for hydroxylation is 1. The number of aliphatic hydroxyl groups is 1. The van der Waals surface area contributed by atoms with Crippen LogP contribution in [-0.2, 0) is 16.0 Å². The Balaban J connectivity index is 1.92. The van der Waals surface area contributed by atoms with Crippen LogP contribution in [-0.4, -0.2) is 34.3 Å². The van der Waals surface area contributed by atoms with E-state index in [1.807, 2.05) is 32.5 Å². The lowest BCUT2D eigenvalue weighted by atomic mass is 9.96. The molecule has 24 heavy (non-hydrogen) atoms. The molecule has 0 saturated heterocycles. The van der Waals surface area contributed by atoms with Crippen molar-refractivity contribution in [1.29, 1.82) is 0 Å². The Labute approximate surface area is 157 Å². The number of benzene rings is 1. The van der Waals surface area contributed by atoms with Crippen LogP contribution < -0.4 is 0 Å². The molecule has 1 fully saturated rings. The zero-order valence-electron chi connectivity index (χ0n) is 14.6. The summed E-state index contributed by atoms with van der Waals surface area (Å²) in [5.74, 6) is 0.665. The lowest BCUT2D eigenvalue weighted by Crippen LogP contribution is -2.35. The van der Waals surface area contributed by atoms with E-state index in [1.165, 1.54) is 5.56 Å². The topological polar surface area (TPSA) is 46.5 Å². The zero-order chi connectivity index (χ0) is 17.7. The molecule has 134 valence electrons. The van der Waals surface area contributed by atoms with Gasteiger partial charge in [-0.2, -0.15) is 11.8 Å². The van der Waals surface area contributed by atoms with Gasteiger partial charge in [0, 0.05) is 16.3 Å². The van der Waals surface area contributed by atoms with Crippen LogP contribution in [0.3, 0.4) is 0 Å². The normalized spacial score (nSPS) is 24.1. The number of ether oxygens (including phenoxy) is 1. The summed E-state index contributed by atoms with van der Waals surface area (Å²) in [6.45, 7) is 5.74. The molecular weight excluding hydrogens is 388 g/mol. The van der Waals surface area contributed by atoms with Crippen molar-refractivity contribution in [3.8, 4) is 0 Å². The molecule has 0 aromatic heterocycles.